The van der Waals surface area contributed by atoms with Crippen molar-refractivity contribution in [3.8, 4) is 0 Å². The molecular formula is C12H26N4O5. The number of aliphatic hydroxyl groups is 3. The molecule has 9 nitrogen and oxygen atoms in total. The van der Waals surface area contributed by atoms with Crippen molar-refractivity contribution in [2.24, 2.45) is 16.9 Å². The van der Waals surface area contributed by atoms with E-state index in [0.717, 1.165) is 0 Å². The Morgan fingerprint density at radius 3 is 2.10 bits per heavy atom. The molecule has 124 valence electrons. The summed E-state index contributed by atoms with van der Waals surface area (Å²) >= 11 is 0. The largest absolute Gasteiger partial charge is 0.396 e. The first kappa shape index (κ1) is 19.6. The van der Waals surface area contributed by atoms with Crippen molar-refractivity contribution in [3.63, 3.8) is 0 Å². The van der Waals surface area contributed by atoms with E-state index in [2.05, 4.69) is 10.6 Å². The standard InChI is InChI=1S/C12H26N4O5/c13-9(10(14)20)3-1-2-4-15-11(21)16-5-12(6-17,7-18)8-19/h9,17-19H,1-8,13H2,(H2,14,20)(H2,15,16,21)/t9-/m1/s1. The molecule has 0 aromatic carbocycles. The lowest BCUT2D eigenvalue weighted by molar-refractivity contribution is -0.119. The highest BCUT2D eigenvalue weighted by molar-refractivity contribution is 5.79. The second-order valence-corrected chi connectivity index (χ2v) is 5.09. The summed E-state index contributed by atoms with van der Waals surface area (Å²) in [5.74, 6) is -0.547. The molecule has 0 saturated carbocycles. The average molecular weight is 306 g/mol. The second kappa shape index (κ2) is 10.3. The normalized spacial score (nSPS) is 12.8. The number of amides is 3. The van der Waals surface area contributed by atoms with Gasteiger partial charge in [0.15, 0.2) is 0 Å². The van der Waals surface area contributed by atoms with Crippen LogP contribution in [0, 0.1) is 5.41 Å². The van der Waals surface area contributed by atoms with Crippen LogP contribution in [0.15, 0.2) is 0 Å². The number of rotatable bonds is 11. The Balaban J connectivity index is 3.79. The number of carbonyl (C=O) groups excluding carboxylic acids is 2. The fourth-order valence-corrected chi connectivity index (χ4v) is 1.48. The molecule has 0 spiro atoms. The zero-order chi connectivity index (χ0) is 16.3. The highest BCUT2D eigenvalue weighted by Crippen LogP contribution is 2.12. The summed E-state index contributed by atoms with van der Waals surface area (Å²) in [4.78, 5) is 22.2. The van der Waals surface area contributed by atoms with E-state index in [0.29, 0.717) is 25.8 Å². The van der Waals surface area contributed by atoms with Crippen LogP contribution in [0.5, 0.6) is 0 Å². The van der Waals surface area contributed by atoms with Crippen LogP contribution < -0.4 is 22.1 Å². The van der Waals surface area contributed by atoms with Crippen molar-refractivity contribution in [2.45, 2.75) is 25.3 Å². The van der Waals surface area contributed by atoms with Crippen LogP contribution in [-0.4, -0.2) is 66.2 Å². The highest BCUT2D eigenvalue weighted by atomic mass is 16.3. The fourth-order valence-electron chi connectivity index (χ4n) is 1.48. The average Bonchev–Trinajstić information content (AvgIpc) is 2.48. The van der Waals surface area contributed by atoms with Gasteiger partial charge in [-0.05, 0) is 19.3 Å². The molecule has 0 bridgehead atoms. The third-order valence-corrected chi connectivity index (χ3v) is 3.22. The van der Waals surface area contributed by atoms with E-state index in [1.54, 1.807) is 0 Å². The molecule has 0 aromatic rings. The van der Waals surface area contributed by atoms with E-state index in [1.807, 2.05) is 0 Å². The van der Waals surface area contributed by atoms with E-state index in [1.165, 1.54) is 0 Å². The monoisotopic (exact) mass is 306 g/mol. The van der Waals surface area contributed by atoms with Gasteiger partial charge in [-0.15, -0.1) is 0 Å². The molecule has 9 heteroatoms. The number of hydrogen-bond donors (Lipinski definition) is 7. The molecule has 3 amide bonds. The SMILES string of the molecule is NC(=O)[C@H](N)CCCCNC(=O)NCC(CO)(CO)CO. The molecule has 21 heavy (non-hydrogen) atoms. The van der Waals surface area contributed by atoms with Crippen LogP contribution in [0.2, 0.25) is 0 Å². The van der Waals surface area contributed by atoms with Gasteiger partial charge in [0, 0.05) is 13.1 Å². The number of aliphatic hydroxyl groups excluding tert-OH is 3. The zero-order valence-electron chi connectivity index (χ0n) is 12.0. The molecule has 9 N–H and O–H groups in total. The highest BCUT2D eigenvalue weighted by Gasteiger charge is 2.28. The van der Waals surface area contributed by atoms with E-state index in [-0.39, 0.29) is 6.54 Å². The number of nitrogens with one attached hydrogen (secondary N) is 2. The van der Waals surface area contributed by atoms with Gasteiger partial charge in [0.25, 0.3) is 0 Å². The topological polar surface area (TPSA) is 171 Å². The smallest absolute Gasteiger partial charge is 0.314 e. The van der Waals surface area contributed by atoms with Crippen LogP contribution in [0.3, 0.4) is 0 Å². The summed E-state index contributed by atoms with van der Waals surface area (Å²) in [6, 6.07) is -1.13. The minimum atomic E-state index is -1.13. The molecule has 0 aliphatic heterocycles. The van der Waals surface area contributed by atoms with E-state index < -0.39 is 43.2 Å². The molecule has 0 heterocycles. The van der Waals surface area contributed by atoms with Crippen LogP contribution in [0.1, 0.15) is 19.3 Å². The van der Waals surface area contributed by atoms with E-state index in [4.69, 9.17) is 26.8 Å². The first-order valence-electron chi connectivity index (χ1n) is 6.80. The molecule has 0 unspecified atom stereocenters. The Morgan fingerprint density at radius 1 is 1.05 bits per heavy atom. The number of unbranched alkanes of at least 4 members (excludes halogenated alkanes) is 1. The molecule has 0 rings (SSSR count). The Labute approximate surface area is 123 Å². The third-order valence-electron chi connectivity index (χ3n) is 3.22. The second-order valence-electron chi connectivity index (χ2n) is 5.09. The quantitative estimate of drug-likeness (QED) is 0.204. The summed E-state index contributed by atoms with van der Waals surface area (Å²) in [6.45, 7) is -0.974. The van der Waals surface area contributed by atoms with E-state index in [9.17, 15) is 9.59 Å². The molecule has 0 aliphatic carbocycles. The van der Waals surface area contributed by atoms with Gasteiger partial charge in [-0.1, -0.05) is 0 Å². The van der Waals surface area contributed by atoms with Gasteiger partial charge >= 0.3 is 6.03 Å². The van der Waals surface area contributed by atoms with Crippen LogP contribution in [-0.2, 0) is 4.79 Å². The predicted molar refractivity (Wildman–Crippen MR) is 76.1 cm³/mol. The molecule has 1 atom stereocenters. The summed E-state index contributed by atoms with van der Waals surface area (Å²) in [5.41, 5.74) is 9.34. The van der Waals surface area contributed by atoms with Crippen molar-refractivity contribution in [1.82, 2.24) is 10.6 Å². The molecule has 0 radical (unpaired) electrons. The van der Waals surface area contributed by atoms with Gasteiger partial charge in [0.2, 0.25) is 5.91 Å². The number of hydrogen-bond acceptors (Lipinski definition) is 6. The van der Waals surface area contributed by atoms with Crippen molar-refractivity contribution < 1.29 is 24.9 Å². The minimum Gasteiger partial charge on any atom is -0.396 e. The number of urea groups is 1. The van der Waals surface area contributed by atoms with Gasteiger partial charge in [-0.25, -0.2) is 4.79 Å². The number of carbonyl (C=O) groups is 2. The summed E-state index contributed by atoms with van der Waals surface area (Å²) in [5, 5.41) is 32.3. The lowest BCUT2D eigenvalue weighted by Crippen LogP contribution is -2.48. The van der Waals surface area contributed by atoms with Gasteiger partial charge in [-0.2, -0.15) is 0 Å². The fraction of sp³-hybridized carbons (Fsp3) is 0.833. The Bertz CT molecular complexity index is 315. The molecular weight excluding hydrogens is 280 g/mol. The minimum absolute atomic E-state index is 0.0467. The summed E-state index contributed by atoms with van der Waals surface area (Å²) in [7, 11) is 0. The molecule has 0 saturated heterocycles. The molecule has 0 aliphatic rings. The Hall–Kier alpha value is -1.42. The maximum atomic E-state index is 11.5. The first-order chi connectivity index (χ1) is 9.90. The van der Waals surface area contributed by atoms with Crippen molar-refractivity contribution in [1.29, 1.82) is 0 Å². The predicted octanol–water partition coefficient (Wildman–Crippen LogP) is -2.77. The van der Waals surface area contributed by atoms with Crippen LogP contribution >= 0.6 is 0 Å². The van der Waals surface area contributed by atoms with Gasteiger partial charge in [-0.3, -0.25) is 4.79 Å². The third kappa shape index (κ3) is 7.81. The Morgan fingerprint density at radius 2 is 1.62 bits per heavy atom. The Kier molecular flexibility index (Phi) is 9.63. The molecule has 0 aromatic heterocycles. The van der Waals surface area contributed by atoms with Crippen molar-refractivity contribution in [3.05, 3.63) is 0 Å². The lowest BCUT2D eigenvalue weighted by atomic mass is 9.91. The van der Waals surface area contributed by atoms with Gasteiger partial charge in [0.05, 0.1) is 31.3 Å². The summed E-state index contributed by atoms with van der Waals surface area (Å²) in [6.07, 6.45) is 1.75. The summed E-state index contributed by atoms with van der Waals surface area (Å²) < 4.78 is 0. The first-order valence-corrected chi connectivity index (χ1v) is 6.80. The van der Waals surface area contributed by atoms with Gasteiger partial charge in [0.1, 0.15) is 0 Å². The molecule has 0 fully saturated rings. The maximum Gasteiger partial charge on any atom is 0.314 e. The number of primary amides is 1. The maximum absolute atomic E-state index is 11.5. The van der Waals surface area contributed by atoms with Gasteiger partial charge < -0.3 is 37.4 Å². The van der Waals surface area contributed by atoms with E-state index >= 15 is 0 Å². The number of nitrogens with two attached hydrogens (primary N) is 2. The lowest BCUT2D eigenvalue weighted by Gasteiger charge is -2.27. The van der Waals surface area contributed by atoms with Crippen molar-refractivity contribution in [2.75, 3.05) is 32.9 Å². The van der Waals surface area contributed by atoms with Crippen LogP contribution in [0.4, 0.5) is 4.79 Å². The van der Waals surface area contributed by atoms with Crippen LogP contribution in [0.25, 0.3) is 0 Å². The zero-order valence-corrected chi connectivity index (χ0v) is 12.0. The van der Waals surface area contributed by atoms with Crippen molar-refractivity contribution >= 4 is 11.9 Å².